The van der Waals surface area contributed by atoms with E-state index in [1.165, 1.54) is 11.1 Å². The number of hydrogen-bond donors (Lipinski definition) is 0. The van der Waals surface area contributed by atoms with Crippen LogP contribution in [0.1, 0.15) is 48.7 Å². The molecule has 1 aliphatic rings. The van der Waals surface area contributed by atoms with Gasteiger partial charge in [0.1, 0.15) is 5.82 Å². The maximum Gasteiger partial charge on any atom is 0.246 e. The van der Waals surface area contributed by atoms with Crippen molar-refractivity contribution in [2.75, 3.05) is 25.4 Å². The predicted molar refractivity (Wildman–Crippen MR) is 173 cm³/mol. The molecule has 1 unspecified atom stereocenters. The minimum Gasteiger partial charge on any atom is -0.339 e. The second-order valence-electron chi connectivity index (χ2n) is 11.0. The Bertz CT molecular complexity index is 1540. The number of carbonyl (C=O) groups excluding carboxylic acids is 2. The van der Waals surface area contributed by atoms with Crippen molar-refractivity contribution in [3.05, 3.63) is 114 Å². The average Bonchev–Trinajstić information content (AvgIpc) is 3.42. The van der Waals surface area contributed by atoms with Crippen molar-refractivity contribution < 1.29 is 9.59 Å². The van der Waals surface area contributed by atoms with E-state index in [2.05, 4.69) is 46.0 Å². The molecule has 3 aromatic carbocycles. The lowest BCUT2D eigenvalue weighted by atomic mass is 10.1. The van der Waals surface area contributed by atoms with Gasteiger partial charge in [0.15, 0.2) is 5.16 Å². The molecule has 222 valence electrons. The third-order valence-corrected chi connectivity index (χ3v) is 8.77. The van der Waals surface area contributed by atoms with Crippen molar-refractivity contribution in [2.45, 2.75) is 50.7 Å². The molecule has 2 heterocycles. The highest BCUT2D eigenvalue weighted by molar-refractivity contribution is 7.99. The molecule has 0 bridgehead atoms. The number of piperazine rings is 1. The van der Waals surface area contributed by atoms with Gasteiger partial charge in [-0.15, -0.1) is 10.2 Å². The monoisotopic (exact) mass is 593 g/mol. The first kappa shape index (κ1) is 30.3. The summed E-state index contributed by atoms with van der Waals surface area (Å²) in [5.74, 6) is 1.93. The van der Waals surface area contributed by atoms with E-state index in [1.807, 2.05) is 83.5 Å². The number of aromatic nitrogens is 3. The van der Waals surface area contributed by atoms with Gasteiger partial charge in [0.2, 0.25) is 11.8 Å². The minimum absolute atomic E-state index is 0.00838. The first-order chi connectivity index (χ1) is 21.0. The molecule has 5 rings (SSSR count). The van der Waals surface area contributed by atoms with Gasteiger partial charge in [-0.3, -0.25) is 14.2 Å². The van der Waals surface area contributed by atoms with Crippen molar-refractivity contribution >= 4 is 29.7 Å². The molecule has 2 amide bonds. The topological polar surface area (TPSA) is 71.3 Å². The molecule has 1 aromatic heterocycles. The average molecular weight is 594 g/mol. The smallest absolute Gasteiger partial charge is 0.246 e. The highest BCUT2D eigenvalue weighted by Crippen LogP contribution is 2.26. The SMILES string of the molecule is Cc1ccccc1-n1c(Cc2ccccc2)nnc1SCCCCC(=O)N1CCN(C(=O)/C=C/c2ccccc2)C(C)C1. The van der Waals surface area contributed by atoms with Gasteiger partial charge in [0.05, 0.1) is 5.69 Å². The third kappa shape index (κ3) is 8.02. The summed E-state index contributed by atoms with van der Waals surface area (Å²) < 4.78 is 2.18. The first-order valence-electron chi connectivity index (χ1n) is 15.0. The lowest BCUT2D eigenvalue weighted by Crippen LogP contribution is -2.55. The van der Waals surface area contributed by atoms with E-state index in [0.29, 0.717) is 32.5 Å². The molecule has 1 saturated heterocycles. The van der Waals surface area contributed by atoms with Crippen molar-refractivity contribution in [1.29, 1.82) is 0 Å². The Labute approximate surface area is 258 Å². The molecule has 1 fully saturated rings. The standard InChI is InChI=1S/C35H39N5O2S/c1-27-13-9-10-18-31(27)40-32(25-30-16-7-4-8-17-30)36-37-35(40)43-24-12-11-19-33(41)38-22-23-39(28(2)26-38)34(42)21-20-29-14-5-3-6-15-29/h3-10,13-18,20-21,28H,11-12,19,22-26H2,1-2H3/b21-20+. The van der Waals surface area contributed by atoms with E-state index in [0.717, 1.165) is 40.8 Å². The third-order valence-electron chi connectivity index (χ3n) is 7.76. The molecule has 0 saturated carbocycles. The van der Waals surface area contributed by atoms with E-state index in [4.69, 9.17) is 0 Å². The Hall–Kier alpha value is -4.17. The highest BCUT2D eigenvalue weighted by Gasteiger charge is 2.28. The van der Waals surface area contributed by atoms with Crippen LogP contribution >= 0.6 is 11.8 Å². The number of nitrogens with zero attached hydrogens (tertiary/aromatic N) is 5. The molecule has 7 nitrogen and oxygen atoms in total. The quantitative estimate of drug-likeness (QED) is 0.118. The lowest BCUT2D eigenvalue weighted by molar-refractivity contribution is -0.139. The Balaban J connectivity index is 1.10. The van der Waals surface area contributed by atoms with Gasteiger partial charge >= 0.3 is 0 Å². The Morgan fingerprint density at radius 1 is 0.907 bits per heavy atom. The lowest BCUT2D eigenvalue weighted by Gasteiger charge is -2.39. The Morgan fingerprint density at radius 2 is 1.63 bits per heavy atom. The predicted octanol–water partition coefficient (Wildman–Crippen LogP) is 6.20. The first-order valence-corrected chi connectivity index (χ1v) is 16.0. The van der Waals surface area contributed by atoms with Gasteiger partial charge in [-0.1, -0.05) is 90.6 Å². The molecule has 0 N–H and O–H groups in total. The van der Waals surface area contributed by atoms with Crippen molar-refractivity contribution in [3.8, 4) is 5.69 Å². The Kier molecular flexibility index (Phi) is 10.4. The fraction of sp³-hybridized carbons (Fsp3) is 0.314. The zero-order valence-corrected chi connectivity index (χ0v) is 25.7. The number of para-hydroxylation sites is 1. The number of amides is 2. The fourth-order valence-corrected chi connectivity index (χ4v) is 6.34. The molecule has 4 aromatic rings. The number of rotatable bonds is 11. The number of thioether (sulfide) groups is 1. The minimum atomic E-state index is -0.0148. The maximum atomic E-state index is 13.0. The van der Waals surface area contributed by atoms with Crippen molar-refractivity contribution in [1.82, 2.24) is 24.6 Å². The second-order valence-corrected chi connectivity index (χ2v) is 12.0. The molecule has 0 radical (unpaired) electrons. The number of benzene rings is 3. The summed E-state index contributed by atoms with van der Waals surface area (Å²) in [4.78, 5) is 29.5. The van der Waals surface area contributed by atoms with E-state index in [1.54, 1.807) is 17.8 Å². The molecule has 0 spiro atoms. The van der Waals surface area contributed by atoms with Crippen LogP contribution in [0.4, 0.5) is 0 Å². The van der Waals surface area contributed by atoms with Crippen LogP contribution in [-0.4, -0.2) is 67.8 Å². The summed E-state index contributed by atoms with van der Waals surface area (Å²) in [6, 6.07) is 28.5. The summed E-state index contributed by atoms with van der Waals surface area (Å²) in [6.45, 7) is 5.83. The number of hydrogen-bond acceptors (Lipinski definition) is 5. The van der Waals surface area contributed by atoms with Gasteiger partial charge in [-0.05, 0) is 55.5 Å². The second kappa shape index (κ2) is 14.8. The molecule has 1 aliphatic heterocycles. The van der Waals surface area contributed by atoms with Gasteiger partial charge in [-0.2, -0.15) is 0 Å². The molecular weight excluding hydrogens is 554 g/mol. The largest absolute Gasteiger partial charge is 0.339 e. The maximum absolute atomic E-state index is 13.0. The van der Waals surface area contributed by atoms with E-state index < -0.39 is 0 Å². The summed E-state index contributed by atoms with van der Waals surface area (Å²) in [5, 5.41) is 10.0. The number of aryl methyl sites for hydroxylation is 1. The van der Waals surface area contributed by atoms with E-state index in [9.17, 15) is 9.59 Å². The van der Waals surface area contributed by atoms with Crippen LogP contribution < -0.4 is 0 Å². The molecule has 1 atom stereocenters. The molecule has 43 heavy (non-hydrogen) atoms. The van der Waals surface area contributed by atoms with Crippen LogP contribution in [0, 0.1) is 6.92 Å². The summed E-state index contributed by atoms with van der Waals surface area (Å²) in [7, 11) is 0. The fourth-order valence-electron chi connectivity index (χ4n) is 5.38. The zero-order valence-electron chi connectivity index (χ0n) is 24.9. The van der Waals surface area contributed by atoms with E-state index in [-0.39, 0.29) is 17.9 Å². The van der Waals surface area contributed by atoms with Crippen LogP contribution in [0.5, 0.6) is 0 Å². The van der Waals surface area contributed by atoms with Gasteiger partial charge in [-0.25, -0.2) is 0 Å². The van der Waals surface area contributed by atoms with Crippen LogP contribution in [0.2, 0.25) is 0 Å². The van der Waals surface area contributed by atoms with Crippen molar-refractivity contribution in [3.63, 3.8) is 0 Å². The van der Waals surface area contributed by atoms with Crippen molar-refractivity contribution in [2.24, 2.45) is 0 Å². The van der Waals surface area contributed by atoms with Gasteiger partial charge in [0, 0.05) is 50.3 Å². The highest BCUT2D eigenvalue weighted by atomic mass is 32.2. The summed E-state index contributed by atoms with van der Waals surface area (Å²) in [6.07, 6.45) is 6.41. The molecule has 8 heteroatoms. The number of carbonyl (C=O) groups is 2. The zero-order chi connectivity index (χ0) is 30.0. The van der Waals surface area contributed by atoms with E-state index >= 15 is 0 Å². The Morgan fingerprint density at radius 3 is 2.37 bits per heavy atom. The van der Waals surface area contributed by atoms with Gasteiger partial charge in [0.25, 0.3) is 0 Å². The molecule has 0 aliphatic carbocycles. The van der Waals surface area contributed by atoms with Gasteiger partial charge < -0.3 is 9.80 Å². The number of unbranched alkanes of at least 4 members (excludes halogenated alkanes) is 1. The molecular formula is C35H39N5O2S. The normalized spacial score (nSPS) is 15.3. The summed E-state index contributed by atoms with van der Waals surface area (Å²) in [5.41, 5.74) is 4.46. The van der Waals surface area contributed by atoms with Crippen LogP contribution in [0.3, 0.4) is 0 Å². The summed E-state index contributed by atoms with van der Waals surface area (Å²) >= 11 is 1.69. The van der Waals surface area contributed by atoms with Crippen LogP contribution in [0.15, 0.2) is 96.2 Å². The van der Waals surface area contributed by atoms with Crippen LogP contribution in [-0.2, 0) is 16.0 Å². The van der Waals surface area contributed by atoms with Crippen LogP contribution in [0.25, 0.3) is 11.8 Å².